The van der Waals surface area contributed by atoms with Gasteiger partial charge in [0, 0.05) is 13.1 Å². The van der Waals surface area contributed by atoms with Crippen LogP contribution in [0.15, 0.2) is 64.6 Å². The van der Waals surface area contributed by atoms with Crippen molar-refractivity contribution in [2.24, 2.45) is 21.5 Å². The first-order valence-electron chi connectivity index (χ1n) is 8.06. The summed E-state index contributed by atoms with van der Waals surface area (Å²) in [5, 5.41) is 2.03. The van der Waals surface area contributed by atoms with Crippen LogP contribution in [0.5, 0.6) is 0 Å². The molecule has 1 fully saturated rings. The molecule has 5 N–H and O–H groups in total. The second-order valence-electron chi connectivity index (χ2n) is 5.69. The normalized spacial score (nSPS) is 16.3. The number of hydrazine groups is 1. The van der Waals surface area contributed by atoms with Crippen LogP contribution in [0.2, 0.25) is 0 Å². The Morgan fingerprint density at radius 1 is 0.917 bits per heavy atom. The predicted molar refractivity (Wildman–Crippen MR) is 98.7 cm³/mol. The highest BCUT2D eigenvalue weighted by atomic mass is 15.5. The first kappa shape index (κ1) is 16.0. The molecular weight excluding hydrogens is 300 g/mol. The van der Waals surface area contributed by atoms with Gasteiger partial charge in [0.25, 0.3) is 0 Å². The molecule has 0 saturated carbocycles. The molecule has 0 aromatic heterocycles. The summed E-state index contributed by atoms with van der Waals surface area (Å²) in [6.45, 7) is 1.93. The molecule has 1 aliphatic rings. The molecule has 1 saturated heterocycles. The highest BCUT2D eigenvalue weighted by Crippen LogP contribution is 2.23. The zero-order chi connectivity index (χ0) is 16.8. The van der Waals surface area contributed by atoms with E-state index in [1.165, 1.54) is 0 Å². The number of nitrogens with one attached hydrogen (secondary N) is 1. The lowest BCUT2D eigenvalue weighted by Gasteiger charge is -2.16. The first-order chi connectivity index (χ1) is 11.7. The summed E-state index contributed by atoms with van der Waals surface area (Å²) >= 11 is 0. The standard InChI is InChI=1S/C18H22N6/c19-17(22-18(20)23-24-11-4-5-12-24)21-16-10-6-9-15(13-16)14-7-2-1-3-8-14/h1-3,6-10,13H,4-5,11-12H2,(H5,19,20,21,22,23). The van der Waals surface area contributed by atoms with Gasteiger partial charge in [-0.15, -0.1) is 0 Å². The summed E-state index contributed by atoms with van der Waals surface area (Å²) in [5.74, 6) is 0.391. The molecule has 1 aliphatic heterocycles. The van der Waals surface area contributed by atoms with Crippen LogP contribution in [-0.4, -0.2) is 30.0 Å². The van der Waals surface area contributed by atoms with Crippen LogP contribution in [0, 0.1) is 0 Å². The van der Waals surface area contributed by atoms with Crippen molar-refractivity contribution in [3.63, 3.8) is 0 Å². The number of rotatable bonds is 3. The lowest BCUT2D eigenvalue weighted by molar-refractivity contribution is 0.294. The van der Waals surface area contributed by atoms with Crippen LogP contribution in [-0.2, 0) is 0 Å². The van der Waals surface area contributed by atoms with Gasteiger partial charge in [-0.2, -0.15) is 4.99 Å². The zero-order valence-corrected chi connectivity index (χ0v) is 13.5. The van der Waals surface area contributed by atoms with Crippen LogP contribution in [0.4, 0.5) is 5.69 Å². The Bertz CT molecular complexity index is 732. The van der Waals surface area contributed by atoms with Gasteiger partial charge in [0.05, 0.1) is 5.69 Å². The van der Waals surface area contributed by atoms with Gasteiger partial charge >= 0.3 is 0 Å². The minimum Gasteiger partial charge on any atom is -0.368 e. The zero-order valence-electron chi connectivity index (χ0n) is 13.5. The molecular formula is C18H22N6. The van der Waals surface area contributed by atoms with Crippen molar-refractivity contribution in [3.8, 4) is 11.1 Å². The topological polar surface area (TPSA) is 92.0 Å². The lowest BCUT2D eigenvalue weighted by Crippen LogP contribution is -2.45. The predicted octanol–water partition coefficient (Wildman–Crippen LogP) is 2.21. The summed E-state index contributed by atoms with van der Waals surface area (Å²) in [7, 11) is 0. The molecule has 1 heterocycles. The first-order valence-corrected chi connectivity index (χ1v) is 8.06. The van der Waals surface area contributed by atoms with E-state index >= 15 is 0 Å². The number of guanidine groups is 2. The fourth-order valence-corrected chi connectivity index (χ4v) is 2.68. The van der Waals surface area contributed by atoms with Gasteiger partial charge in [-0.1, -0.05) is 42.5 Å². The van der Waals surface area contributed by atoms with Crippen LogP contribution in [0.1, 0.15) is 12.8 Å². The summed E-state index contributed by atoms with van der Waals surface area (Å²) in [6, 6.07) is 18.0. The SMILES string of the molecule is NC(=Nc1cccc(-c2ccccc2)c1)N=C(N)NN1CCCC1. The molecule has 0 radical (unpaired) electrons. The quantitative estimate of drug-likeness (QED) is 0.597. The van der Waals surface area contributed by atoms with Crippen molar-refractivity contribution in [2.75, 3.05) is 13.1 Å². The number of aliphatic imine (C=N–C) groups is 2. The van der Waals surface area contributed by atoms with Crippen molar-refractivity contribution in [3.05, 3.63) is 54.6 Å². The molecule has 124 valence electrons. The van der Waals surface area contributed by atoms with Crippen LogP contribution >= 0.6 is 0 Å². The van der Waals surface area contributed by atoms with E-state index in [4.69, 9.17) is 11.5 Å². The fourth-order valence-electron chi connectivity index (χ4n) is 2.68. The maximum Gasteiger partial charge on any atom is 0.223 e. The van der Waals surface area contributed by atoms with E-state index in [-0.39, 0.29) is 11.9 Å². The monoisotopic (exact) mass is 322 g/mol. The Kier molecular flexibility index (Phi) is 5.08. The minimum absolute atomic E-state index is 0.129. The van der Waals surface area contributed by atoms with Gasteiger partial charge in [-0.3, -0.25) is 5.43 Å². The fraction of sp³-hybridized carbons (Fsp3) is 0.222. The molecule has 2 aromatic rings. The molecule has 24 heavy (non-hydrogen) atoms. The largest absolute Gasteiger partial charge is 0.368 e. The number of hydrogen-bond acceptors (Lipinski definition) is 2. The average Bonchev–Trinajstić information content (AvgIpc) is 3.08. The Labute approximate surface area is 141 Å². The number of hydrogen-bond donors (Lipinski definition) is 3. The van der Waals surface area contributed by atoms with E-state index in [9.17, 15) is 0 Å². The maximum absolute atomic E-state index is 5.89. The Morgan fingerprint density at radius 2 is 1.62 bits per heavy atom. The van der Waals surface area contributed by atoms with Crippen LogP contribution < -0.4 is 16.9 Å². The van der Waals surface area contributed by atoms with E-state index in [0.29, 0.717) is 0 Å². The molecule has 2 aromatic carbocycles. The van der Waals surface area contributed by atoms with Crippen molar-refractivity contribution >= 4 is 17.6 Å². The van der Waals surface area contributed by atoms with Crippen LogP contribution in [0.25, 0.3) is 11.1 Å². The molecule has 3 rings (SSSR count). The van der Waals surface area contributed by atoms with Crippen molar-refractivity contribution in [1.29, 1.82) is 0 Å². The average molecular weight is 322 g/mol. The summed E-state index contributed by atoms with van der Waals surface area (Å²) < 4.78 is 0. The maximum atomic E-state index is 5.89. The Balaban J connectivity index is 1.73. The Morgan fingerprint density at radius 3 is 2.38 bits per heavy atom. The van der Waals surface area contributed by atoms with Crippen molar-refractivity contribution < 1.29 is 0 Å². The van der Waals surface area contributed by atoms with E-state index in [2.05, 4.69) is 27.5 Å². The highest BCUT2D eigenvalue weighted by molar-refractivity contribution is 5.94. The summed E-state index contributed by atoms with van der Waals surface area (Å²) in [5.41, 5.74) is 17.7. The third kappa shape index (κ3) is 4.33. The van der Waals surface area contributed by atoms with Gasteiger partial charge in [-0.25, -0.2) is 10.0 Å². The van der Waals surface area contributed by atoms with Crippen LogP contribution in [0.3, 0.4) is 0 Å². The summed E-state index contributed by atoms with van der Waals surface area (Å²) in [6.07, 6.45) is 2.33. The third-order valence-electron chi connectivity index (χ3n) is 3.81. The molecule has 0 atom stereocenters. The van der Waals surface area contributed by atoms with Gasteiger partial charge in [0.15, 0.2) is 0 Å². The van der Waals surface area contributed by atoms with E-state index in [1.807, 2.05) is 47.5 Å². The van der Waals surface area contributed by atoms with Gasteiger partial charge in [0.2, 0.25) is 11.9 Å². The summed E-state index contributed by atoms with van der Waals surface area (Å²) in [4.78, 5) is 8.44. The van der Waals surface area contributed by atoms with Crippen molar-refractivity contribution in [2.45, 2.75) is 12.8 Å². The molecule has 0 amide bonds. The number of nitrogens with zero attached hydrogens (tertiary/aromatic N) is 3. The molecule has 0 aliphatic carbocycles. The number of nitrogens with two attached hydrogens (primary N) is 2. The molecule has 6 nitrogen and oxygen atoms in total. The smallest absolute Gasteiger partial charge is 0.223 e. The minimum atomic E-state index is 0.129. The Hall–Kier alpha value is -2.86. The van der Waals surface area contributed by atoms with E-state index in [1.54, 1.807) is 0 Å². The molecule has 6 heteroatoms. The second-order valence-corrected chi connectivity index (χ2v) is 5.69. The molecule has 0 unspecified atom stereocenters. The van der Waals surface area contributed by atoms with Gasteiger partial charge < -0.3 is 11.5 Å². The molecule has 0 bridgehead atoms. The molecule has 0 spiro atoms. The highest BCUT2D eigenvalue weighted by Gasteiger charge is 2.11. The third-order valence-corrected chi connectivity index (χ3v) is 3.81. The van der Waals surface area contributed by atoms with E-state index < -0.39 is 0 Å². The lowest BCUT2D eigenvalue weighted by atomic mass is 10.1. The van der Waals surface area contributed by atoms with E-state index in [0.717, 1.165) is 42.7 Å². The second kappa shape index (κ2) is 7.61. The van der Waals surface area contributed by atoms with Crippen molar-refractivity contribution in [1.82, 2.24) is 10.4 Å². The van der Waals surface area contributed by atoms with Gasteiger partial charge in [0.1, 0.15) is 0 Å². The van der Waals surface area contributed by atoms with Gasteiger partial charge in [-0.05, 0) is 36.1 Å². The number of benzene rings is 2.